The molecule has 2 fully saturated rings. The predicted molar refractivity (Wildman–Crippen MR) is 88.0 cm³/mol. The second-order valence-electron chi connectivity index (χ2n) is 6.59. The molecule has 0 bridgehead atoms. The number of hydrogen-bond acceptors (Lipinski definition) is 4. The number of halogens is 1. The molecule has 116 valence electrons. The molecule has 2 aliphatic rings. The van der Waals surface area contributed by atoms with Crippen molar-refractivity contribution >= 4 is 17.4 Å². The summed E-state index contributed by atoms with van der Waals surface area (Å²) in [6.07, 6.45) is 5.66. The SMILES string of the molecule is CN1CCC(CN(C)c2cc(CNC3CC3)c(Cl)cn2)C1. The molecule has 5 heteroatoms. The molecule has 0 aromatic carbocycles. The smallest absolute Gasteiger partial charge is 0.128 e. The van der Waals surface area contributed by atoms with E-state index in [1.165, 1.54) is 32.4 Å². The Hall–Kier alpha value is -0.840. The van der Waals surface area contributed by atoms with Gasteiger partial charge in [0.2, 0.25) is 0 Å². The topological polar surface area (TPSA) is 31.4 Å². The molecule has 4 nitrogen and oxygen atoms in total. The van der Waals surface area contributed by atoms with E-state index in [1.807, 2.05) is 0 Å². The first kappa shape index (κ1) is 15.1. The van der Waals surface area contributed by atoms with Crippen LogP contribution in [0.5, 0.6) is 0 Å². The minimum atomic E-state index is 0.699. The summed E-state index contributed by atoms with van der Waals surface area (Å²) in [5.41, 5.74) is 1.16. The van der Waals surface area contributed by atoms with Crippen molar-refractivity contribution in [3.8, 4) is 0 Å². The van der Waals surface area contributed by atoms with E-state index in [1.54, 1.807) is 6.20 Å². The van der Waals surface area contributed by atoms with Gasteiger partial charge in [0.15, 0.2) is 0 Å². The van der Waals surface area contributed by atoms with Crippen LogP contribution in [-0.2, 0) is 6.54 Å². The van der Waals surface area contributed by atoms with E-state index < -0.39 is 0 Å². The molecule has 1 saturated carbocycles. The molecular weight excluding hydrogens is 284 g/mol. The van der Waals surface area contributed by atoms with Gasteiger partial charge >= 0.3 is 0 Å². The third-order valence-electron chi connectivity index (χ3n) is 4.49. The van der Waals surface area contributed by atoms with Crippen LogP contribution in [0.2, 0.25) is 5.02 Å². The molecular formula is C16H25ClN4. The maximum Gasteiger partial charge on any atom is 0.128 e. The summed E-state index contributed by atoms with van der Waals surface area (Å²) >= 11 is 6.27. The van der Waals surface area contributed by atoms with E-state index in [0.29, 0.717) is 6.04 Å². The van der Waals surface area contributed by atoms with Crippen LogP contribution in [-0.4, -0.2) is 49.7 Å². The molecule has 1 aliphatic carbocycles. The zero-order valence-electron chi connectivity index (χ0n) is 13.0. The van der Waals surface area contributed by atoms with Crippen LogP contribution in [0.4, 0.5) is 5.82 Å². The minimum absolute atomic E-state index is 0.699. The average Bonchev–Trinajstić information content (AvgIpc) is 3.20. The second-order valence-corrected chi connectivity index (χ2v) is 6.99. The number of nitrogens with zero attached hydrogens (tertiary/aromatic N) is 3. The Morgan fingerprint density at radius 3 is 2.90 bits per heavy atom. The van der Waals surface area contributed by atoms with E-state index in [9.17, 15) is 0 Å². The minimum Gasteiger partial charge on any atom is -0.359 e. The van der Waals surface area contributed by atoms with Crippen molar-refractivity contribution < 1.29 is 0 Å². The number of pyridine rings is 1. The van der Waals surface area contributed by atoms with Gasteiger partial charge in [0.25, 0.3) is 0 Å². The van der Waals surface area contributed by atoms with Gasteiger partial charge in [-0.05, 0) is 50.4 Å². The third-order valence-corrected chi connectivity index (χ3v) is 4.83. The zero-order chi connectivity index (χ0) is 14.8. The van der Waals surface area contributed by atoms with Crippen molar-refractivity contribution in [1.82, 2.24) is 15.2 Å². The summed E-state index contributed by atoms with van der Waals surface area (Å²) in [4.78, 5) is 9.16. The van der Waals surface area contributed by atoms with Crippen molar-refractivity contribution in [2.75, 3.05) is 38.6 Å². The highest BCUT2D eigenvalue weighted by molar-refractivity contribution is 6.31. The summed E-state index contributed by atoms with van der Waals surface area (Å²) in [6.45, 7) is 4.31. The largest absolute Gasteiger partial charge is 0.359 e. The molecule has 1 aliphatic heterocycles. The molecule has 1 N–H and O–H groups in total. The lowest BCUT2D eigenvalue weighted by Crippen LogP contribution is -2.28. The van der Waals surface area contributed by atoms with E-state index in [4.69, 9.17) is 11.6 Å². The number of hydrogen-bond donors (Lipinski definition) is 1. The van der Waals surface area contributed by atoms with Gasteiger partial charge in [0, 0.05) is 38.9 Å². The van der Waals surface area contributed by atoms with Gasteiger partial charge in [-0.15, -0.1) is 0 Å². The summed E-state index contributed by atoms with van der Waals surface area (Å²) in [6, 6.07) is 2.83. The Labute approximate surface area is 132 Å². The van der Waals surface area contributed by atoms with E-state index >= 15 is 0 Å². The van der Waals surface area contributed by atoms with E-state index in [0.717, 1.165) is 35.4 Å². The molecule has 21 heavy (non-hydrogen) atoms. The maximum atomic E-state index is 6.27. The molecule has 1 unspecified atom stereocenters. The van der Waals surface area contributed by atoms with Gasteiger partial charge in [0.05, 0.1) is 5.02 Å². The fourth-order valence-electron chi connectivity index (χ4n) is 3.01. The Morgan fingerprint density at radius 1 is 1.43 bits per heavy atom. The summed E-state index contributed by atoms with van der Waals surface area (Å²) < 4.78 is 0. The number of nitrogens with one attached hydrogen (secondary N) is 1. The standard InChI is InChI=1S/C16H25ClN4/c1-20-6-5-12(10-20)11-21(2)16-7-13(15(17)9-19-16)8-18-14-3-4-14/h7,9,12,14,18H,3-6,8,10-11H2,1-2H3. The lowest BCUT2D eigenvalue weighted by Gasteiger charge is -2.23. The van der Waals surface area contributed by atoms with Crippen LogP contribution in [0.3, 0.4) is 0 Å². The van der Waals surface area contributed by atoms with Crippen molar-refractivity contribution in [1.29, 1.82) is 0 Å². The van der Waals surface area contributed by atoms with E-state index in [2.05, 4.69) is 40.3 Å². The molecule has 0 radical (unpaired) electrons. The molecule has 2 heterocycles. The van der Waals surface area contributed by atoms with Crippen molar-refractivity contribution in [2.45, 2.75) is 31.8 Å². The van der Waals surface area contributed by atoms with Crippen LogP contribution in [0.25, 0.3) is 0 Å². The molecule has 1 atom stereocenters. The maximum absolute atomic E-state index is 6.27. The molecule has 1 aromatic heterocycles. The summed E-state index contributed by atoms with van der Waals surface area (Å²) in [5.74, 6) is 1.77. The van der Waals surface area contributed by atoms with Crippen molar-refractivity contribution in [2.24, 2.45) is 5.92 Å². The highest BCUT2D eigenvalue weighted by Gasteiger charge is 2.22. The third kappa shape index (κ3) is 4.09. The lowest BCUT2D eigenvalue weighted by molar-refractivity contribution is 0.395. The molecule has 0 spiro atoms. The Balaban J connectivity index is 1.61. The number of anilines is 1. The fourth-order valence-corrected chi connectivity index (χ4v) is 3.18. The molecule has 1 aromatic rings. The van der Waals surface area contributed by atoms with E-state index in [-0.39, 0.29) is 0 Å². The van der Waals surface area contributed by atoms with Crippen molar-refractivity contribution in [3.05, 3.63) is 22.8 Å². The number of aromatic nitrogens is 1. The van der Waals surface area contributed by atoms with Gasteiger partial charge in [0.1, 0.15) is 5.82 Å². The van der Waals surface area contributed by atoms with Crippen LogP contribution in [0, 0.1) is 5.92 Å². The predicted octanol–water partition coefficient (Wildman–Crippen LogP) is 2.37. The van der Waals surface area contributed by atoms with Gasteiger partial charge in [-0.1, -0.05) is 11.6 Å². The van der Waals surface area contributed by atoms with Crippen LogP contribution < -0.4 is 10.2 Å². The zero-order valence-corrected chi connectivity index (χ0v) is 13.7. The van der Waals surface area contributed by atoms with Crippen LogP contribution >= 0.6 is 11.6 Å². The normalized spacial score (nSPS) is 22.7. The molecule has 1 saturated heterocycles. The van der Waals surface area contributed by atoms with Gasteiger partial charge in [-0.2, -0.15) is 0 Å². The highest BCUT2D eigenvalue weighted by atomic mass is 35.5. The van der Waals surface area contributed by atoms with Gasteiger partial charge < -0.3 is 15.1 Å². The Bertz CT molecular complexity index is 489. The monoisotopic (exact) mass is 308 g/mol. The van der Waals surface area contributed by atoms with Gasteiger partial charge in [-0.3, -0.25) is 0 Å². The first-order valence-electron chi connectivity index (χ1n) is 7.89. The highest BCUT2D eigenvalue weighted by Crippen LogP contribution is 2.24. The second kappa shape index (κ2) is 6.51. The molecule has 3 rings (SSSR count). The fraction of sp³-hybridized carbons (Fsp3) is 0.688. The first-order valence-corrected chi connectivity index (χ1v) is 8.27. The first-order chi connectivity index (χ1) is 10.1. The van der Waals surface area contributed by atoms with Crippen LogP contribution in [0.1, 0.15) is 24.8 Å². The Kier molecular flexibility index (Phi) is 4.67. The summed E-state index contributed by atoms with van der Waals surface area (Å²) in [7, 11) is 4.33. The average molecular weight is 309 g/mol. The lowest BCUT2D eigenvalue weighted by atomic mass is 10.1. The summed E-state index contributed by atoms with van der Waals surface area (Å²) in [5, 5.41) is 4.29. The van der Waals surface area contributed by atoms with Gasteiger partial charge in [-0.25, -0.2) is 4.98 Å². The number of rotatable bonds is 6. The molecule has 0 amide bonds. The van der Waals surface area contributed by atoms with Crippen LogP contribution in [0.15, 0.2) is 12.3 Å². The number of likely N-dealkylation sites (tertiary alicyclic amines) is 1. The van der Waals surface area contributed by atoms with Crippen molar-refractivity contribution in [3.63, 3.8) is 0 Å². The quantitative estimate of drug-likeness (QED) is 0.874. The Morgan fingerprint density at radius 2 is 2.24 bits per heavy atom.